The van der Waals surface area contributed by atoms with Crippen LogP contribution in [-0.4, -0.2) is 24.6 Å². The molecule has 0 unspecified atom stereocenters. The minimum absolute atomic E-state index is 0.193. The van der Waals surface area contributed by atoms with Crippen molar-refractivity contribution in [3.05, 3.63) is 29.8 Å². The molecule has 0 heterocycles. The molecule has 0 spiro atoms. The van der Waals surface area contributed by atoms with Crippen molar-refractivity contribution in [3.63, 3.8) is 0 Å². The van der Waals surface area contributed by atoms with Crippen molar-refractivity contribution in [2.75, 3.05) is 13.2 Å². The number of hydrogen-bond donors (Lipinski definition) is 2. The van der Waals surface area contributed by atoms with Crippen molar-refractivity contribution in [1.29, 1.82) is 0 Å². The summed E-state index contributed by atoms with van der Waals surface area (Å²) in [6, 6.07) is 4.14. The Kier molecular flexibility index (Phi) is 4.99. The first-order valence-electron chi connectivity index (χ1n) is 5.95. The van der Waals surface area contributed by atoms with Gasteiger partial charge in [-0.25, -0.2) is 0 Å². The Morgan fingerprint density at radius 3 is 2.25 bits per heavy atom. The van der Waals surface area contributed by atoms with Gasteiger partial charge in [-0.05, 0) is 38.1 Å². The molecular formula is C13H17F3N2O2. The minimum Gasteiger partial charge on any atom is -0.484 e. The normalized spacial score (nSPS) is 12.1. The summed E-state index contributed by atoms with van der Waals surface area (Å²) in [4.78, 5) is 11.5. The third kappa shape index (κ3) is 5.08. The number of rotatable bonds is 5. The van der Waals surface area contributed by atoms with Crippen LogP contribution in [0.15, 0.2) is 24.3 Å². The van der Waals surface area contributed by atoms with Gasteiger partial charge >= 0.3 is 6.18 Å². The number of nitrogens with one attached hydrogen (secondary N) is 1. The highest BCUT2D eigenvalue weighted by molar-refractivity contribution is 5.78. The zero-order valence-electron chi connectivity index (χ0n) is 11.3. The van der Waals surface area contributed by atoms with E-state index in [2.05, 4.69) is 5.32 Å². The predicted molar refractivity (Wildman–Crippen MR) is 68.2 cm³/mol. The number of halogens is 3. The van der Waals surface area contributed by atoms with Crippen LogP contribution < -0.4 is 15.8 Å². The average Bonchev–Trinajstić information content (AvgIpc) is 2.35. The van der Waals surface area contributed by atoms with Gasteiger partial charge in [-0.15, -0.1) is 0 Å². The predicted octanol–water partition coefficient (Wildman–Crippen LogP) is 1.94. The van der Waals surface area contributed by atoms with Crippen LogP contribution in [0.2, 0.25) is 0 Å². The van der Waals surface area contributed by atoms with Crippen LogP contribution in [0, 0.1) is 0 Å². The molecule has 1 rings (SSSR count). The molecule has 4 nitrogen and oxygen atoms in total. The van der Waals surface area contributed by atoms with E-state index >= 15 is 0 Å². The summed E-state index contributed by atoms with van der Waals surface area (Å²) in [6.45, 7) is 3.49. The summed E-state index contributed by atoms with van der Waals surface area (Å²) < 4.78 is 42.1. The zero-order chi connectivity index (χ0) is 15.4. The number of amides is 1. The van der Waals surface area contributed by atoms with Gasteiger partial charge in [0.1, 0.15) is 5.75 Å². The molecule has 0 aliphatic heterocycles. The van der Waals surface area contributed by atoms with Crippen LogP contribution in [0.4, 0.5) is 13.2 Å². The van der Waals surface area contributed by atoms with Crippen molar-refractivity contribution < 1.29 is 22.7 Å². The molecular weight excluding hydrogens is 273 g/mol. The Balaban J connectivity index is 2.52. The largest absolute Gasteiger partial charge is 0.484 e. The monoisotopic (exact) mass is 290 g/mol. The summed E-state index contributed by atoms with van der Waals surface area (Å²) in [6.07, 6.45) is -4.39. The summed E-state index contributed by atoms with van der Waals surface area (Å²) in [7, 11) is 0. The van der Waals surface area contributed by atoms with Crippen LogP contribution in [0.25, 0.3) is 0 Å². The van der Waals surface area contributed by atoms with Gasteiger partial charge in [0.25, 0.3) is 5.91 Å². The number of hydrogen-bond acceptors (Lipinski definition) is 3. The average molecular weight is 290 g/mol. The highest BCUT2D eigenvalue weighted by Gasteiger charge is 2.30. The third-order valence-corrected chi connectivity index (χ3v) is 2.54. The first-order valence-corrected chi connectivity index (χ1v) is 5.95. The van der Waals surface area contributed by atoms with Gasteiger partial charge in [-0.2, -0.15) is 13.2 Å². The fourth-order valence-electron chi connectivity index (χ4n) is 1.35. The van der Waals surface area contributed by atoms with Gasteiger partial charge in [0.2, 0.25) is 0 Å². The van der Waals surface area contributed by atoms with E-state index in [-0.39, 0.29) is 24.8 Å². The van der Waals surface area contributed by atoms with Crippen LogP contribution in [0.1, 0.15) is 19.4 Å². The number of nitrogens with two attached hydrogens (primary N) is 1. The van der Waals surface area contributed by atoms with Gasteiger partial charge in [-0.1, -0.05) is 0 Å². The topological polar surface area (TPSA) is 64.3 Å². The van der Waals surface area contributed by atoms with Gasteiger partial charge in [0.15, 0.2) is 6.61 Å². The van der Waals surface area contributed by atoms with Crippen molar-refractivity contribution in [2.45, 2.75) is 25.6 Å². The molecule has 0 aromatic heterocycles. The molecule has 0 fully saturated rings. The molecule has 1 aromatic rings. The molecule has 0 bridgehead atoms. The molecule has 0 radical (unpaired) electrons. The van der Waals surface area contributed by atoms with E-state index in [1.165, 1.54) is 12.1 Å². The lowest BCUT2D eigenvalue weighted by molar-refractivity contribution is -0.137. The Morgan fingerprint density at radius 1 is 1.25 bits per heavy atom. The molecule has 0 saturated carbocycles. The van der Waals surface area contributed by atoms with E-state index in [0.29, 0.717) is 0 Å². The lowest BCUT2D eigenvalue weighted by Gasteiger charge is -2.24. The van der Waals surface area contributed by atoms with Crippen LogP contribution in [0.5, 0.6) is 5.75 Å². The molecule has 0 atom stereocenters. The van der Waals surface area contributed by atoms with E-state index in [0.717, 1.165) is 12.1 Å². The Morgan fingerprint density at radius 2 is 1.80 bits per heavy atom. The van der Waals surface area contributed by atoms with E-state index in [1.807, 2.05) is 0 Å². The van der Waals surface area contributed by atoms with E-state index in [9.17, 15) is 18.0 Å². The maximum Gasteiger partial charge on any atom is 0.416 e. The first kappa shape index (κ1) is 16.3. The standard InChI is InChI=1S/C13H17F3N2O2/c1-12(2,8-17)18-11(19)7-20-10-5-3-9(4-6-10)13(14,15)16/h3-6H,7-8,17H2,1-2H3,(H,18,19). The fraction of sp³-hybridized carbons (Fsp3) is 0.462. The van der Waals surface area contributed by atoms with E-state index in [1.54, 1.807) is 13.8 Å². The molecule has 0 saturated heterocycles. The highest BCUT2D eigenvalue weighted by Crippen LogP contribution is 2.30. The number of benzene rings is 1. The first-order chi connectivity index (χ1) is 9.14. The van der Waals surface area contributed by atoms with Crippen LogP contribution >= 0.6 is 0 Å². The second-order valence-electron chi connectivity index (χ2n) is 4.95. The van der Waals surface area contributed by atoms with Crippen LogP contribution in [0.3, 0.4) is 0 Å². The SMILES string of the molecule is CC(C)(CN)NC(=O)COc1ccc(C(F)(F)F)cc1. The summed E-state index contributed by atoms with van der Waals surface area (Å²) in [5, 5.41) is 2.64. The van der Waals surface area contributed by atoms with Crippen molar-refractivity contribution >= 4 is 5.91 Å². The van der Waals surface area contributed by atoms with Crippen molar-refractivity contribution in [1.82, 2.24) is 5.32 Å². The molecule has 112 valence electrons. The lowest BCUT2D eigenvalue weighted by atomic mass is 10.1. The third-order valence-electron chi connectivity index (χ3n) is 2.54. The summed E-state index contributed by atoms with van der Waals surface area (Å²) in [5.41, 5.74) is 4.14. The molecule has 3 N–H and O–H groups in total. The Labute approximate surface area is 115 Å². The van der Waals surface area contributed by atoms with Gasteiger partial charge in [-0.3, -0.25) is 4.79 Å². The van der Waals surface area contributed by atoms with E-state index in [4.69, 9.17) is 10.5 Å². The molecule has 0 aliphatic carbocycles. The smallest absolute Gasteiger partial charge is 0.416 e. The second kappa shape index (κ2) is 6.13. The van der Waals surface area contributed by atoms with Gasteiger partial charge < -0.3 is 15.8 Å². The Bertz CT molecular complexity index is 456. The van der Waals surface area contributed by atoms with Crippen molar-refractivity contribution in [3.8, 4) is 5.75 Å². The fourth-order valence-corrected chi connectivity index (χ4v) is 1.35. The summed E-state index contributed by atoms with van der Waals surface area (Å²) in [5.74, 6) is -0.195. The molecule has 0 aliphatic rings. The maximum absolute atomic E-state index is 12.3. The highest BCUT2D eigenvalue weighted by atomic mass is 19.4. The second-order valence-corrected chi connectivity index (χ2v) is 4.95. The molecule has 1 aromatic carbocycles. The number of ether oxygens (including phenoxy) is 1. The van der Waals surface area contributed by atoms with Gasteiger partial charge in [0, 0.05) is 12.1 Å². The van der Waals surface area contributed by atoms with Crippen LogP contribution in [-0.2, 0) is 11.0 Å². The lowest BCUT2D eigenvalue weighted by Crippen LogP contribution is -2.50. The molecule has 7 heteroatoms. The summed E-state index contributed by atoms with van der Waals surface area (Å²) >= 11 is 0. The number of carbonyl (C=O) groups excluding carboxylic acids is 1. The Hall–Kier alpha value is -1.76. The molecule has 1 amide bonds. The van der Waals surface area contributed by atoms with Crippen molar-refractivity contribution in [2.24, 2.45) is 5.73 Å². The number of carbonyl (C=O) groups is 1. The maximum atomic E-state index is 12.3. The zero-order valence-corrected chi connectivity index (χ0v) is 11.3. The van der Waals surface area contributed by atoms with Gasteiger partial charge in [0.05, 0.1) is 5.56 Å². The molecule has 20 heavy (non-hydrogen) atoms. The van der Waals surface area contributed by atoms with E-state index < -0.39 is 17.3 Å². The number of alkyl halides is 3. The quantitative estimate of drug-likeness (QED) is 0.871. The minimum atomic E-state index is -4.39.